The van der Waals surface area contributed by atoms with E-state index in [4.69, 9.17) is 28.9 Å². The first-order valence-electron chi connectivity index (χ1n) is 17.1. The van der Waals surface area contributed by atoms with Gasteiger partial charge in [0.25, 0.3) is 0 Å². The number of rotatable bonds is 8. The Balaban J connectivity index is 1.21. The second kappa shape index (κ2) is 13.2. The van der Waals surface area contributed by atoms with Crippen molar-refractivity contribution in [3.05, 3.63) is 47.7 Å². The van der Waals surface area contributed by atoms with Crippen LogP contribution in [0.1, 0.15) is 51.3 Å². The van der Waals surface area contributed by atoms with Crippen LogP contribution < -0.4 is 19.3 Å². The minimum Gasteiger partial charge on any atom is -0.467 e. The molecule has 3 unspecified atom stereocenters. The number of halogens is 1. The summed E-state index contributed by atoms with van der Waals surface area (Å²) >= 11 is 0. The number of amides is 1. The number of likely N-dealkylation sites (N-methyl/N-ethyl adjacent to an activating group) is 1. The van der Waals surface area contributed by atoms with Crippen molar-refractivity contribution >= 4 is 28.4 Å². The van der Waals surface area contributed by atoms with Gasteiger partial charge in [0.15, 0.2) is 6.79 Å². The molecule has 12 heteroatoms. The number of alkyl halides is 1. The molecule has 0 saturated carbocycles. The number of aromatic nitrogens is 2. The first kappa shape index (κ1) is 32.6. The summed E-state index contributed by atoms with van der Waals surface area (Å²) in [5, 5.41) is 2.21. The van der Waals surface area contributed by atoms with Crippen molar-refractivity contribution in [1.29, 1.82) is 0 Å². The van der Waals surface area contributed by atoms with E-state index in [9.17, 15) is 4.79 Å². The largest absolute Gasteiger partial charge is 0.467 e. The summed E-state index contributed by atoms with van der Waals surface area (Å²) in [6, 6.07) is 12.1. The Hall–Kier alpha value is -3.90. The van der Waals surface area contributed by atoms with Gasteiger partial charge in [-0.25, -0.2) is 9.18 Å². The molecule has 4 aliphatic rings. The maximum atomic E-state index is 15.5. The molecule has 7 rings (SSSR count). The van der Waals surface area contributed by atoms with Gasteiger partial charge in [-0.15, -0.1) is 0 Å². The molecule has 0 N–H and O–H groups in total. The van der Waals surface area contributed by atoms with Crippen LogP contribution in [0.15, 0.2) is 36.4 Å². The number of carbonyl (C=O) groups excluding carboxylic acids is 1. The van der Waals surface area contributed by atoms with Gasteiger partial charge < -0.3 is 33.6 Å². The topological polar surface area (TPSA) is 92.7 Å². The van der Waals surface area contributed by atoms with E-state index in [1.165, 1.54) is 0 Å². The summed E-state index contributed by atoms with van der Waals surface area (Å²) in [7, 11) is 3.74. The fraction of sp³-hybridized carbons (Fsp3) is 0.583. The first-order valence-corrected chi connectivity index (χ1v) is 17.1. The van der Waals surface area contributed by atoms with Crippen LogP contribution in [0.5, 0.6) is 11.8 Å². The zero-order chi connectivity index (χ0) is 33.6. The van der Waals surface area contributed by atoms with Crippen molar-refractivity contribution in [3.8, 4) is 11.8 Å². The fourth-order valence-corrected chi connectivity index (χ4v) is 7.68. The smallest absolute Gasteiger partial charge is 0.411 e. The molecule has 1 amide bonds. The third-order valence-electron chi connectivity index (χ3n) is 10.0. The van der Waals surface area contributed by atoms with Gasteiger partial charge in [-0.2, -0.15) is 9.97 Å². The Kier molecular flexibility index (Phi) is 8.97. The highest BCUT2D eigenvalue weighted by Gasteiger charge is 2.51. The molecule has 0 radical (unpaired) electrons. The molecule has 0 aliphatic carbocycles. The number of methoxy groups -OCH3 is 1. The van der Waals surface area contributed by atoms with Crippen molar-refractivity contribution < 1.29 is 28.1 Å². The van der Waals surface area contributed by atoms with Crippen molar-refractivity contribution in [3.63, 3.8) is 0 Å². The van der Waals surface area contributed by atoms with E-state index < -0.39 is 23.9 Å². The lowest BCUT2D eigenvalue weighted by Gasteiger charge is -2.43. The maximum Gasteiger partial charge on any atom is 0.411 e. The van der Waals surface area contributed by atoms with Crippen molar-refractivity contribution in [2.75, 3.05) is 63.5 Å². The number of anilines is 2. The number of hydrogen-bond donors (Lipinski definition) is 0. The Morgan fingerprint density at radius 3 is 2.65 bits per heavy atom. The zero-order valence-electron chi connectivity index (χ0n) is 28.7. The monoisotopic (exact) mass is 662 g/mol. The van der Waals surface area contributed by atoms with Gasteiger partial charge in [0.1, 0.15) is 29.9 Å². The minimum absolute atomic E-state index is 0.164. The molecule has 2 aromatic carbocycles. The Morgan fingerprint density at radius 2 is 1.90 bits per heavy atom. The number of carbonyl (C=O) groups is 1. The predicted octanol–water partition coefficient (Wildman–Crippen LogP) is 5.18. The third-order valence-corrected chi connectivity index (χ3v) is 10.0. The average Bonchev–Trinajstić information content (AvgIpc) is 3.56. The number of benzene rings is 2. The molecule has 3 fully saturated rings. The molecule has 2 bridgehead atoms. The van der Waals surface area contributed by atoms with Crippen LogP contribution in [0.4, 0.5) is 20.7 Å². The highest BCUT2D eigenvalue weighted by Crippen LogP contribution is 2.40. The fourth-order valence-electron chi connectivity index (χ4n) is 7.68. The van der Waals surface area contributed by atoms with Crippen LogP contribution in [-0.4, -0.2) is 109 Å². The molecule has 4 aliphatic heterocycles. The number of hydrogen-bond acceptors (Lipinski definition) is 10. The maximum absolute atomic E-state index is 15.5. The molecule has 1 aromatic heterocycles. The molecule has 4 atom stereocenters. The summed E-state index contributed by atoms with van der Waals surface area (Å²) < 4.78 is 38.6. The van der Waals surface area contributed by atoms with Gasteiger partial charge in [-0.05, 0) is 65.1 Å². The summed E-state index contributed by atoms with van der Waals surface area (Å²) in [4.78, 5) is 31.6. The highest BCUT2D eigenvalue weighted by molar-refractivity contribution is 5.95. The standard InChI is InChI=1S/C36H47FN6O5/c1-36(2,3)48-35(44)43-25-16-29(37)32(43)20-42(18-25)33-28-12-14-41(19-30(28)38-34(39-33)46-21-24-10-8-13-40(24)4)31-17-26(47-22-45-5)15-23-9-6-7-11-27(23)31/h6-7,9,11,15,17,24-25,29,32H,8,10,12-14,16,18-22H2,1-5H3/t24-,25?,29?,32?/m0/s1. The molecular formula is C36H47FN6O5. The van der Waals surface area contributed by atoms with E-state index in [0.29, 0.717) is 44.7 Å². The van der Waals surface area contributed by atoms with Gasteiger partial charge >= 0.3 is 12.1 Å². The van der Waals surface area contributed by atoms with E-state index >= 15 is 4.39 Å². The first-order chi connectivity index (χ1) is 23.1. The number of likely N-dealkylation sites (tertiary alicyclic amines) is 1. The highest BCUT2D eigenvalue weighted by atomic mass is 19.1. The van der Waals surface area contributed by atoms with Gasteiger partial charge in [-0.3, -0.25) is 4.90 Å². The zero-order valence-corrected chi connectivity index (χ0v) is 28.7. The third kappa shape index (κ3) is 6.56. The lowest BCUT2D eigenvalue weighted by atomic mass is 10.0. The average molecular weight is 663 g/mol. The second-order valence-electron chi connectivity index (χ2n) is 14.5. The summed E-state index contributed by atoms with van der Waals surface area (Å²) in [6.07, 6.45) is 1.62. The van der Waals surface area contributed by atoms with E-state index in [-0.39, 0.29) is 19.3 Å². The van der Waals surface area contributed by atoms with Crippen LogP contribution >= 0.6 is 0 Å². The van der Waals surface area contributed by atoms with Gasteiger partial charge in [-0.1, -0.05) is 24.3 Å². The van der Waals surface area contributed by atoms with Crippen LogP contribution in [-0.2, 0) is 22.4 Å². The Bertz CT molecular complexity index is 1650. The molecule has 48 heavy (non-hydrogen) atoms. The molecule has 3 saturated heterocycles. The molecule has 3 aromatic rings. The molecule has 11 nitrogen and oxygen atoms in total. The lowest BCUT2D eigenvalue weighted by molar-refractivity contribution is 0.00948. The SMILES string of the molecule is COCOc1cc(N2CCc3c(nc(OC[C@@H]4CCCN4C)nc3N3CC4CC(F)C(C3)N4C(=O)OC(C)(C)C)C2)c2ccccc2c1. The summed E-state index contributed by atoms with van der Waals surface area (Å²) in [6.45, 7) is 9.33. The van der Waals surface area contributed by atoms with Gasteiger partial charge in [0.2, 0.25) is 0 Å². The predicted molar refractivity (Wildman–Crippen MR) is 182 cm³/mol. The molecule has 258 valence electrons. The molecule has 5 heterocycles. The quantitative estimate of drug-likeness (QED) is 0.301. The number of fused-ring (bicyclic) bond motifs is 4. The minimum atomic E-state index is -1.13. The van der Waals surface area contributed by atoms with Crippen molar-refractivity contribution in [1.82, 2.24) is 19.8 Å². The lowest BCUT2D eigenvalue weighted by Crippen LogP contribution is -2.58. The van der Waals surface area contributed by atoms with Gasteiger partial charge in [0, 0.05) is 61.9 Å². The molecule has 0 spiro atoms. The number of piperazine rings is 1. The van der Waals surface area contributed by atoms with E-state index in [1.807, 2.05) is 32.9 Å². The normalized spacial score (nSPS) is 24.2. The van der Waals surface area contributed by atoms with Crippen LogP contribution in [0.3, 0.4) is 0 Å². The number of nitrogens with zero attached hydrogens (tertiary/aromatic N) is 6. The van der Waals surface area contributed by atoms with E-state index in [1.54, 1.807) is 12.0 Å². The second-order valence-corrected chi connectivity index (χ2v) is 14.5. The van der Waals surface area contributed by atoms with E-state index in [2.05, 4.69) is 46.0 Å². The van der Waals surface area contributed by atoms with Gasteiger partial charge in [0.05, 0.1) is 24.3 Å². The Morgan fingerprint density at radius 1 is 1.06 bits per heavy atom. The van der Waals surface area contributed by atoms with Crippen molar-refractivity contribution in [2.24, 2.45) is 0 Å². The summed E-state index contributed by atoms with van der Waals surface area (Å²) in [5.41, 5.74) is 2.35. The van der Waals surface area contributed by atoms with Crippen LogP contribution in [0.25, 0.3) is 10.8 Å². The van der Waals surface area contributed by atoms with E-state index in [0.717, 1.165) is 65.2 Å². The summed E-state index contributed by atoms with van der Waals surface area (Å²) in [5.74, 6) is 1.52. The van der Waals surface area contributed by atoms with Crippen LogP contribution in [0, 0.1) is 0 Å². The molecular weight excluding hydrogens is 615 g/mol. The Labute approximate surface area is 281 Å². The number of ether oxygens (including phenoxy) is 4. The van der Waals surface area contributed by atoms with Crippen LogP contribution in [0.2, 0.25) is 0 Å². The van der Waals surface area contributed by atoms with Crippen molar-refractivity contribution in [2.45, 2.75) is 82.9 Å².